The lowest BCUT2D eigenvalue weighted by Crippen LogP contribution is -2.17. The molecule has 0 saturated carbocycles. The molecule has 0 atom stereocenters. The zero-order valence-electron chi connectivity index (χ0n) is 11.3. The van der Waals surface area contributed by atoms with Crippen LogP contribution in [0.25, 0.3) is 0 Å². The van der Waals surface area contributed by atoms with Crippen LogP contribution in [0.3, 0.4) is 0 Å². The number of benzene rings is 1. The fraction of sp³-hybridized carbons (Fsp3) is 0.133. The van der Waals surface area contributed by atoms with Gasteiger partial charge in [-0.25, -0.2) is 5.10 Å². The average Bonchev–Trinajstić information content (AvgIpc) is 2.45. The van der Waals surface area contributed by atoms with Crippen molar-refractivity contribution in [3.63, 3.8) is 0 Å². The Morgan fingerprint density at radius 3 is 2.86 bits per heavy atom. The highest BCUT2D eigenvalue weighted by Gasteiger charge is 2.08. The summed E-state index contributed by atoms with van der Waals surface area (Å²) in [5.74, 6) is 4.90. The highest BCUT2D eigenvalue weighted by atomic mass is 16.2. The monoisotopic (exact) mass is 283 g/mol. The molecule has 0 radical (unpaired) electrons. The number of rotatable bonds is 2. The van der Waals surface area contributed by atoms with E-state index >= 15 is 0 Å². The quantitative estimate of drug-likeness (QED) is 0.706. The SMILES string of the molecule is Cc1cc(C#CCO)cc(NC(=O)c2ccc(=O)[nH]n2)c1. The number of hydrogen-bond donors (Lipinski definition) is 3. The van der Waals surface area contributed by atoms with Crippen molar-refractivity contribution in [1.29, 1.82) is 0 Å². The number of aromatic nitrogens is 2. The first-order valence-corrected chi connectivity index (χ1v) is 6.17. The lowest BCUT2D eigenvalue weighted by molar-refractivity contribution is 0.102. The molecule has 1 aromatic heterocycles. The van der Waals surface area contributed by atoms with Gasteiger partial charge >= 0.3 is 0 Å². The molecule has 0 spiro atoms. The van der Waals surface area contributed by atoms with Crippen molar-refractivity contribution in [3.8, 4) is 11.8 Å². The van der Waals surface area contributed by atoms with Gasteiger partial charge in [-0.2, -0.15) is 5.10 Å². The van der Waals surface area contributed by atoms with E-state index in [0.29, 0.717) is 11.3 Å². The topological polar surface area (TPSA) is 95.1 Å². The number of carbonyl (C=O) groups excluding carboxylic acids is 1. The molecular formula is C15H13N3O3. The molecule has 0 aliphatic rings. The molecule has 3 N–H and O–H groups in total. The van der Waals surface area contributed by atoms with Crippen LogP contribution in [0.1, 0.15) is 21.6 Å². The summed E-state index contributed by atoms with van der Waals surface area (Å²) in [6.45, 7) is 1.65. The van der Waals surface area contributed by atoms with Gasteiger partial charge in [0.25, 0.3) is 11.5 Å². The van der Waals surface area contributed by atoms with Gasteiger partial charge in [0.15, 0.2) is 0 Å². The molecule has 1 heterocycles. The van der Waals surface area contributed by atoms with Gasteiger partial charge in [0.05, 0.1) is 0 Å². The van der Waals surface area contributed by atoms with Crippen molar-refractivity contribution < 1.29 is 9.90 Å². The third kappa shape index (κ3) is 4.03. The molecule has 0 aliphatic heterocycles. The van der Waals surface area contributed by atoms with Crippen LogP contribution in [0.4, 0.5) is 5.69 Å². The van der Waals surface area contributed by atoms with Crippen molar-refractivity contribution in [2.24, 2.45) is 0 Å². The number of nitrogens with zero attached hydrogens (tertiary/aromatic N) is 1. The van der Waals surface area contributed by atoms with Crippen LogP contribution in [-0.4, -0.2) is 27.8 Å². The summed E-state index contributed by atoms with van der Waals surface area (Å²) >= 11 is 0. The minimum absolute atomic E-state index is 0.110. The number of H-pyrrole nitrogens is 1. The zero-order chi connectivity index (χ0) is 15.2. The van der Waals surface area contributed by atoms with Gasteiger partial charge in [-0.3, -0.25) is 9.59 Å². The molecule has 106 valence electrons. The number of anilines is 1. The van der Waals surface area contributed by atoms with Gasteiger partial charge in [-0.05, 0) is 36.8 Å². The Bertz CT molecular complexity index is 764. The number of aliphatic hydroxyl groups excluding tert-OH is 1. The van der Waals surface area contributed by atoms with Crippen molar-refractivity contribution in [1.82, 2.24) is 10.2 Å². The average molecular weight is 283 g/mol. The van der Waals surface area contributed by atoms with Gasteiger partial charge in [-0.15, -0.1) is 0 Å². The minimum atomic E-state index is -0.432. The van der Waals surface area contributed by atoms with Gasteiger partial charge in [0, 0.05) is 17.3 Å². The van der Waals surface area contributed by atoms with Crippen molar-refractivity contribution in [2.75, 3.05) is 11.9 Å². The third-order valence-corrected chi connectivity index (χ3v) is 2.56. The Balaban J connectivity index is 2.22. The van der Waals surface area contributed by atoms with E-state index in [0.717, 1.165) is 5.56 Å². The molecule has 2 rings (SSSR count). The first kappa shape index (κ1) is 14.5. The highest BCUT2D eigenvalue weighted by molar-refractivity contribution is 6.02. The summed E-state index contributed by atoms with van der Waals surface area (Å²) in [6.07, 6.45) is 0. The molecule has 0 saturated heterocycles. The molecule has 0 unspecified atom stereocenters. The van der Waals surface area contributed by atoms with Crippen LogP contribution in [0, 0.1) is 18.8 Å². The second-order valence-corrected chi connectivity index (χ2v) is 4.31. The number of carbonyl (C=O) groups is 1. The van der Waals surface area contributed by atoms with Gasteiger partial charge in [0.1, 0.15) is 12.3 Å². The second kappa shape index (κ2) is 6.50. The van der Waals surface area contributed by atoms with Gasteiger partial charge in [0.2, 0.25) is 0 Å². The lowest BCUT2D eigenvalue weighted by atomic mass is 10.1. The van der Waals surface area contributed by atoms with E-state index in [2.05, 4.69) is 27.4 Å². The normalized spacial score (nSPS) is 9.62. The second-order valence-electron chi connectivity index (χ2n) is 4.31. The summed E-state index contributed by atoms with van der Waals surface area (Å²) in [6, 6.07) is 7.90. The molecule has 6 nitrogen and oxygen atoms in total. The van der Waals surface area contributed by atoms with Crippen molar-refractivity contribution in [2.45, 2.75) is 6.92 Å². The predicted octanol–water partition coefficient (Wildman–Crippen LogP) is 0.674. The van der Waals surface area contributed by atoms with E-state index in [-0.39, 0.29) is 17.9 Å². The number of aromatic amines is 1. The fourth-order valence-electron chi connectivity index (χ4n) is 1.74. The van der Waals surface area contributed by atoms with Gasteiger partial charge in [-0.1, -0.05) is 11.8 Å². The molecule has 0 fully saturated rings. The standard InChI is InChI=1S/C15H13N3O3/c1-10-7-11(3-2-6-19)9-12(8-10)16-15(21)13-4-5-14(20)18-17-13/h4-5,7-9,19H,6H2,1H3,(H,16,21)(H,18,20). The molecule has 21 heavy (non-hydrogen) atoms. The number of nitrogens with one attached hydrogen (secondary N) is 2. The number of aliphatic hydroxyl groups is 1. The maximum absolute atomic E-state index is 12.0. The van der Waals surface area contributed by atoms with Crippen LogP contribution in [0.2, 0.25) is 0 Å². The third-order valence-electron chi connectivity index (χ3n) is 2.56. The summed E-state index contributed by atoms with van der Waals surface area (Å²) in [5.41, 5.74) is 1.91. The first-order valence-electron chi connectivity index (χ1n) is 6.17. The molecular weight excluding hydrogens is 270 g/mol. The summed E-state index contributed by atoms with van der Waals surface area (Å²) < 4.78 is 0. The van der Waals surface area contributed by atoms with E-state index < -0.39 is 5.91 Å². The van der Waals surface area contributed by atoms with E-state index in [1.807, 2.05) is 13.0 Å². The van der Waals surface area contributed by atoms with E-state index in [1.165, 1.54) is 12.1 Å². The molecule has 2 aromatic rings. The minimum Gasteiger partial charge on any atom is -0.384 e. The summed E-state index contributed by atoms with van der Waals surface area (Å²) in [5, 5.41) is 17.2. The molecule has 6 heteroatoms. The fourth-order valence-corrected chi connectivity index (χ4v) is 1.74. The summed E-state index contributed by atoms with van der Waals surface area (Å²) in [4.78, 5) is 22.9. The molecule has 1 aromatic carbocycles. The van der Waals surface area contributed by atoms with E-state index in [1.54, 1.807) is 12.1 Å². The maximum atomic E-state index is 12.0. The van der Waals surface area contributed by atoms with Crippen molar-refractivity contribution in [3.05, 3.63) is 57.5 Å². The molecule has 0 aliphatic carbocycles. The summed E-state index contributed by atoms with van der Waals surface area (Å²) in [7, 11) is 0. The van der Waals surface area contributed by atoms with Crippen molar-refractivity contribution >= 4 is 11.6 Å². The Kier molecular flexibility index (Phi) is 4.49. The van der Waals surface area contributed by atoms with Crippen LogP contribution in [0.5, 0.6) is 0 Å². The maximum Gasteiger partial charge on any atom is 0.276 e. The number of amides is 1. The van der Waals surface area contributed by atoms with Gasteiger partial charge < -0.3 is 10.4 Å². The van der Waals surface area contributed by atoms with Crippen LogP contribution < -0.4 is 10.9 Å². The Hall–Kier alpha value is -2.91. The zero-order valence-corrected chi connectivity index (χ0v) is 11.3. The largest absolute Gasteiger partial charge is 0.384 e. The highest BCUT2D eigenvalue weighted by Crippen LogP contribution is 2.14. The predicted molar refractivity (Wildman–Crippen MR) is 78.0 cm³/mol. The number of hydrogen-bond acceptors (Lipinski definition) is 4. The van der Waals surface area contributed by atoms with Crippen LogP contribution >= 0.6 is 0 Å². The Labute approximate surface area is 120 Å². The number of aryl methyl sites for hydroxylation is 1. The Morgan fingerprint density at radius 2 is 2.19 bits per heavy atom. The van der Waals surface area contributed by atoms with Crippen LogP contribution in [-0.2, 0) is 0 Å². The first-order chi connectivity index (χ1) is 10.1. The Morgan fingerprint density at radius 1 is 1.38 bits per heavy atom. The lowest BCUT2D eigenvalue weighted by Gasteiger charge is -2.06. The smallest absolute Gasteiger partial charge is 0.276 e. The van der Waals surface area contributed by atoms with E-state index in [4.69, 9.17) is 5.11 Å². The molecule has 1 amide bonds. The van der Waals surface area contributed by atoms with Crippen LogP contribution in [0.15, 0.2) is 35.1 Å². The van der Waals surface area contributed by atoms with E-state index in [9.17, 15) is 9.59 Å². The molecule has 0 bridgehead atoms.